The van der Waals surface area contributed by atoms with Crippen LogP contribution in [0.5, 0.6) is 0 Å². The Morgan fingerprint density at radius 2 is 1.62 bits per heavy atom. The molecule has 0 unspecified atom stereocenters. The number of rotatable bonds is 9. The second-order valence-corrected chi connectivity index (χ2v) is 3.85. The summed E-state index contributed by atoms with van der Waals surface area (Å²) in [5.41, 5.74) is 0. The van der Waals surface area contributed by atoms with Gasteiger partial charge in [-0.1, -0.05) is 0 Å². The van der Waals surface area contributed by atoms with Gasteiger partial charge in [0.05, 0.1) is 0 Å². The third-order valence-electron chi connectivity index (χ3n) is 2.60. The first kappa shape index (κ1) is 13.6. The van der Waals surface area contributed by atoms with Crippen molar-refractivity contribution in [1.29, 1.82) is 0 Å². The Hall–Kier alpha value is 0.557. The van der Waals surface area contributed by atoms with Crippen LogP contribution in [0.1, 0.15) is 46.0 Å². The number of hydrogen-bond donors (Lipinski definition) is 0. The van der Waals surface area contributed by atoms with Gasteiger partial charge in [-0.25, -0.2) is 0 Å². The van der Waals surface area contributed by atoms with Crippen LogP contribution in [-0.2, 0) is 0 Å². The van der Waals surface area contributed by atoms with Crippen LogP contribution < -0.4 is 0 Å². The zero-order valence-corrected chi connectivity index (χ0v) is 9.81. The summed E-state index contributed by atoms with van der Waals surface area (Å²) in [4.78, 5) is 2.58. The summed E-state index contributed by atoms with van der Waals surface area (Å²) in [6, 6.07) is 0. The van der Waals surface area contributed by atoms with Gasteiger partial charge in [-0.3, -0.25) is 0 Å². The molecule has 0 N–H and O–H groups in total. The van der Waals surface area contributed by atoms with E-state index in [4.69, 9.17) is 0 Å². The zero-order valence-electron chi connectivity index (χ0n) is 9.81. The van der Waals surface area contributed by atoms with Gasteiger partial charge in [-0.05, 0) is 0 Å². The molecule has 1 nitrogen and oxygen atoms in total. The Labute approximate surface area is 93.5 Å². The molecule has 0 aromatic heterocycles. The summed E-state index contributed by atoms with van der Waals surface area (Å²) in [6.45, 7) is 8.39. The first-order valence-electron chi connectivity index (χ1n) is 6.07. The molecule has 0 aliphatic rings. The van der Waals surface area contributed by atoms with E-state index in [1.165, 1.54) is 56.8 Å². The van der Waals surface area contributed by atoms with Crippen molar-refractivity contribution in [2.45, 2.75) is 51.0 Å². The van der Waals surface area contributed by atoms with Crippen LogP contribution >= 0.6 is 0 Å². The molecule has 74 valence electrons. The van der Waals surface area contributed by atoms with Gasteiger partial charge in [-0.15, -0.1) is 0 Å². The molecule has 0 aliphatic heterocycles. The molecule has 0 rings (SSSR count). The summed E-state index contributed by atoms with van der Waals surface area (Å²) in [7, 11) is 0. The SMILES string of the molecule is [Li][CH2]CCN(CC)CCCCCC. The number of nitrogens with zero attached hydrogens (tertiary/aromatic N) is 1. The fourth-order valence-electron chi connectivity index (χ4n) is 1.57. The standard InChI is InChI=1S/C11H24N.Li/c1-4-7-8-9-11-12(6-3)10-5-2;/h2,4-11H2,1,3H3;. The van der Waals surface area contributed by atoms with Gasteiger partial charge in [0, 0.05) is 0 Å². The van der Waals surface area contributed by atoms with E-state index in [9.17, 15) is 0 Å². The van der Waals surface area contributed by atoms with Crippen molar-refractivity contribution in [2.24, 2.45) is 0 Å². The molecule has 2 heteroatoms. The van der Waals surface area contributed by atoms with E-state index in [2.05, 4.69) is 36.5 Å². The zero-order chi connectivity index (χ0) is 9.94. The van der Waals surface area contributed by atoms with E-state index in [1.807, 2.05) is 0 Å². The summed E-state index contributed by atoms with van der Waals surface area (Å²) >= 11 is 2.27. The van der Waals surface area contributed by atoms with Gasteiger partial charge in [0.25, 0.3) is 0 Å². The Bertz CT molecular complexity index is 96.1. The van der Waals surface area contributed by atoms with Crippen LogP contribution in [0, 0.1) is 0 Å². The molecule has 0 radical (unpaired) electrons. The summed E-state index contributed by atoms with van der Waals surface area (Å²) < 4.78 is 0. The first-order valence-corrected chi connectivity index (χ1v) is 6.07. The van der Waals surface area contributed by atoms with Crippen molar-refractivity contribution < 1.29 is 0 Å². The molecular weight excluding hydrogens is 153 g/mol. The molecule has 0 saturated heterocycles. The van der Waals surface area contributed by atoms with E-state index >= 15 is 0 Å². The molecule has 0 saturated carbocycles. The van der Waals surface area contributed by atoms with Crippen molar-refractivity contribution in [1.82, 2.24) is 4.90 Å². The molecule has 0 aromatic carbocycles. The van der Waals surface area contributed by atoms with Crippen LogP contribution in [-0.4, -0.2) is 42.2 Å². The Kier molecular flexibility index (Phi) is 11.1. The molecule has 0 aliphatic carbocycles. The van der Waals surface area contributed by atoms with Gasteiger partial charge in [0.1, 0.15) is 0 Å². The molecule has 0 heterocycles. The van der Waals surface area contributed by atoms with E-state index < -0.39 is 0 Å². The van der Waals surface area contributed by atoms with Crippen LogP contribution in [0.4, 0.5) is 0 Å². The number of hydrogen-bond acceptors (Lipinski definition) is 1. The molecule has 0 bridgehead atoms. The average Bonchev–Trinajstić information content (AvgIpc) is 2.17. The van der Waals surface area contributed by atoms with Crippen LogP contribution in [0.25, 0.3) is 0 Å². The second-order valence-electron chi connectivity index (χ2n) is 3.85. The third kappa shape index (κ3) is 8.88. The fourth-order valence-corrected chi connectivity index (χ4v) is 1.57. The van der Waals surface area contributed by atoms with Gasteiger partial charge >= 0.3 is 93.3 Å². The molecule has 0 atom stereocenters. The quantitative estimate of drug-likeness (QED) is 0.386. The normalized spacial score (nSPS) is 11.2. The average molecular weight is 177 g/mol. The minimum absolute atomic E-state index is 1.23. The predicted octanol–water partition coefficient (Wildman–Crippen LogP) is 2.87. The van der Waals surface area contributed by atoms with Gasteiger partial charge in [-0.2, -0.15) is 0 Å². The maximum atomic E-state index is 2.58. The van der Waals surface area contributed by atoms with Crippen molar-refractivity contribution >= 4 is 17.7 Å². The van der Waals surface area contributed by atoms with Crippen LogP contribution in [0.2, 0.25) is 5.09 Å². The second kappa shape index (κ2) is 10.6. The Morgan fingerprint density at radius 1 is 0.923 bits per heavy atom. The molecule has 13 heavy (non-hydrogen) atoms. The summed E-state index contributed by atoms with van der Waals surface area (Å²) in [5, 5.41) is 1.32. The molecule has 0 fully saturated rings. The monoisotopic (exact) mass is 177 g/mol. The van der Waals surface area contributed by atoms with E-state index in [0.717, 1.165) is 0 Å². The maximum absolute atomic E-state index is 2.58. The third-order valence-corrected chi connectivity index (χ3v) is 2.60. The molecule has 0 spiro atoms. The van der Waals surface area contributed by atoms with Crippen molar-refractivity contribution in [2.75, 3.05) is 19.6 Å². The van der Waals surface area contributed by atoms with Crippen molar-refractivity contribution in [3.05, 3.63) is 0 Å². The topological polar surface area (TPSA) is 3.24 Å². The molecule has 0 amide bonds. The summed E-state index contributed by atoms with van der Waals surface area (Å²) in [6.07, 6.45) is 6.93. The Balaban J connectivity index is 3.25. The van der Waals surface area contributed by atoms with Crippen molar-refractivity contribution in [3.8, 4) is 0 Å². The fraction of sp³-hybridized carbons (Fsp3) is 1.00. The molecule has 0 aromatic rings. The van der Waals surface area contributed by atoms with Crippen LogP contribution in [0.3, 0.4) is 0 Å². The van der Waals surface area contributed by atoms with Crippen LogP contribution in [0.15, 0.2) is 0 Å². The van der Waals surface area contributed by atoms with Gasteiger partial charge in [0.15, 0.2) is 0 Å². The van der Waals surface area contributed by atoms with Crippen molar-refractivity contribution in [3.63, 3.8) is 0 Å². The van der Waals surface area contributed by atoms with E-state index in [1.54, 1.807) is 0 Å². The summed E-state index contributed by atoms with van der Waals surface area (Å²) in [5.74, 6) is 0. The van der Waals surface area contributed by atoms with E-state index in [0.29, 0.717) is 0 Å². The minimum atomic E-state index is 1.23. The predicted molar refractivity (Wildman–Crippen MR) is 61.4 cm³/mol. The first-order chi connectivity index (χ1) is 6.35. The van der Waals surface area contributed by atoms with E-state index in [-0.39, 0.29) is 0 Å². The van der Waals surface area contributed by atoms with Gasteiger partial charge < -0.3 is 0 Å². The number of unbranched alkanes of at least 4 members (excludes halogenated alkanes) is 3. The van der Waals surface area contributed by atoms with Gasteiger partial charge in [0.2, 0.25) is 0 Å². The molecular formula is C11H24LiN. The Morgan fingerprint density at radius 3 is 2.15 bits per heavy atom.